The van der Waals surface area contributed by atoms with Crippen LogP contribution in [0.25, 0.3) is 0 Å². The Morgan fingerprint density at radius 1 is 1.15 bits per heavy atom. The van der Waals surface area contributed by atoms with Gasteiger partial charge in [-0.3, -0.25) is 0 Å². The second-order valence-electron chi connectivity index (χ2n) is 4.66. The van der Waals surface area contributed by atoms with Gasteiger partial charge in [0.25, 0.3) is 0 Å². The molecule has 0 radical (unpaired) electrons. The number of aromatic hydroxyl groups is 1. The van der Waals surface area contributed by atoms with Crippen molar-refractivity contribution in [3.05, 3.63) is 52.0 Å². The summed E-state index contributed by atoms with van der Waals surface area (Å²) in [7, 11) is 0. The molecule has 0 bridgehead atoms. The first-order valence-corrected chi connectivity index (χ1v) is 8.05. The Hall–Kier alpha value is -1.03. The van der Waals surface area contributed by atoms with Crippen LogP contribution in [0.5, 0.6) is 5.75 Å². The lowest BCUT2D eigenvalue weighted by Crippen LogP contribution is -2.15. The lowest BCUT2D eigenvalue weighted by Gasteiger charge is -2.27. The number of phenols is 1. The third-order valence-electron chi connectivity index (χ3n) is 3.32. The molecule has 104 valence electrons. The number of fused-ring (bicyclic) bond motifs is 1. The van der Waals surface area contributed by atoms with E-state index in [1.54, 1.807) is 12.1 Å². The zero-order chi connectivity index (χ0) is 14.1. The van der Waals surface area contributed by atoms with Gasteiger partial charge < -0.3 is 10.4 Å². The van der Waals surface area contributed by atoms with Gasteiger partial charge >= 0.3 is 0 Å². The molecule has 2 N–H and O–H groups in total. The minimum absolute atomic E-state index is 0.0708. The van der Waals surface area contributed by atoms with Crippen LogP contribution in [0.4, 0.5) is 5.69 Å². The molecule has 3 rings (SSSR count). The van der Waals surface area contributed by atoms with Crippen molar-refractivity contribution < 1.29 is 5.11 Å². The second kappa shape index (κ2) is 5.76. The highest BCUT2D eigenvalue weighted by Gasteiger charge is 2.20. The second-order valence-corrected chi connectivity index (χ2v) is 6.61. The van der Waals surface area contributed by atoms with Gasteiger partial charge in [-0.05, 0) is 30.2 Å². The van der Waals surface area contributed by atoms with Gasteiger partial charge in [-0.2, -0.15) is 0 Å². The Kier molecular flexibility index (Phi) is 4.01. The van der Waals surface area contributed by atoms with E-state index in [1.807, 2.05) is 11.8 Å². The summed E-state index contributed by atoms with van der Waals surface area (Å²) in [5, 5.41) is 13.6. The molecule has 2 aromatic rings. The molecule has 0 saturated carbocycles. The summed E-state index contributed by atoms with van der Waals surface area (Å²) in [4.78, 5) is 1.31. The van der Waals surface area contributed by atoms with Crippen LogP contribution in [0, 0.1) is 0 Å². The Labute approximate surface area is 132 Å². The number of hydrogen-bond acceptors (Lipinski definition) is 3. The maximum absolute atomic E-state index is 9.60. The summed E-state index contributed by atoms with van der Waals surface area (Å²) >= 11 is 13.8. The molecule has 5 heteroatoms. The monoisotopic (exact) mass is 325 g/mol. The van der Waals surface area contributed by atoms with E-state index in [4.69, 9.17) is 23.2 Å². The number of benzene rings is 2. The molecule has 20 heavy (non-hydrogen) atoms. The van der Waals surface area contributed by atoms with Crippen LogP contribution in [0.1, 0.15) is 18.0 Å². The van der Waals surface area contributed by atoms with Crippen molar-refractivity contribution >= 4 is 40.7 Å². The normalized spacial score (nSPS) is 17.6. The van der Waals surface area contributed by atoms with E-state index in [-0.39, 0.29) is 21.8 Å². The minimum atomic E-state index is -0.0708. The van der Waals surface area contributed by atoms with Gasteiger partial charge in [0.05, 0.1) is 16.1 Å². The average molecular weight is 326 g/mol. The fourth-order valence-electron chi connectivity index (χ4n) is 2.34. The number of rotatable bonds is 2. The van der Waals surface area contributed by atoms with Gasteiger partial charge in [-0.15, -0.1) is 11.8 Å². The van der Waals surface area contributed by atoms with Crippen LogP contribution in [-0.2, 0) is 0 Å². The van der Waals surface area contributed by atoms with Crippen LogP contribution >= 0.6 is 35.0 Å². The molecule has 0 aromatic heterocycles. The first-order valence-electron chi connectivity index (χ1n) is 6.31. The summed E-state index contributed by atoms with van der Waals surface area (Å²) < 4.78 is 0. The van der Waals surface area contributed by atoms with Crippen molar-refractivity contribution in [1.29, 1.82) is 0 Å². The fraction of sp³-hybridized carbons (Fsp3) is 0.200. The smallest absolute Gasteiger partial charge is 0.152 e. The van der Waals surface area contributed by atoms with Crippen molar-refractivity contribution in [2.45, 2.75) is 17.4 Å². The first kappa shape index (κ1) is 13.9. The van der Waals surface area contributed by atoms with Crippen molar-refractivity contribution in [1.82, 2.24) is 0 Å². The molecule has 0 amide bonds. The number of nitrogens with one attached hydrogen (secondary N) is 1. The molecule has 1 heterocycles. The molecular formula is C15H13Cl2NOS. The van der Waals surface area contributed by atoms with Crippen molar-refractivity contribution in [3.63, 3.8) is 0 Å². The molecule has 1 atom stereocenters. The Morgan fingerprint density at radius 2 is 1.85 bits per heavy atom. The van der Waals surface area contributed by atoms with Crippen molar-refractivity contribution in [3.8, 4) is 5.75 Å². The van der Waals surface area contributed by atoms with E-state index in [0.29, 0.717) is 0 Å². The molecule has 2 nitrogen and oxygen atoms in total. The van der Waals surface area contributed by atoms with Gasteiger partial charge in [0.2, 0.25) is 0 Å². The summed E-state index contributed by atoms with van der Waals surface area (Å²) in [5.74, 6) is 1.01. The quantitative estimate of drug-likeness (QED) is 0.730. The highest BCUT2D eigenvalue weighted by molar-refractivity contribution is 7.99. The van der Waals surface area contributed by atoms with Gasteiger partial charge in [0.15, 0.2) is 5.75 Å². The van der Waals surface area contributed by atoms with Crippen molar-refractivity contribution in [2.24, 2.45) is 0 Å². The third-order valence-corrected chi connectivity index (χ3v) is 5.02. The fourth-order valence-corrected chi connectivity index (χ4v) is 3.95. The van der Waals surface area contributed by atoms with E-state index in [9.17, 15) is 5.11 Å². The molecule has 1 aliphatic heterocycles. The molecule has 0 fully saturated rings. The van der Waals surface area contributed by atoms with E-state index in [2.05, 4.69) is 29.6 Å². The highest BCUT2D eigenvalue weighted by Crippen LogP contribution is 2.40. The summed E-state index contributed by atoms with van der Waals surface area (Å²) in [5.41, 5.74) is 2.12. The maximum Gasteiger partial charge on any atom is 0.152 e. The predicted molar refractivity (Wildman–Crippen MR) is 86.3 cm³/mol. The maximum atomic E-state index is 9.60. The Bertz CT molecular complexity index is 625. The average Bonchev–Trinajstić information content (AvgIpc) is 2.45. The van der Waals surface area contributed by atoms with E-state index >= 15 is 0 Å². The summed E-state index contributed by atoms with van der Waals surface area (Å²) in [6.45, 7) is 0. The van der Waals surface area contributed by atoms with Gasteiger partial charge in [-0.1, -0.05) is 41.4 Å². The van der Waals surface area contributed by atoms with Crippen LogP contribution in [0.3, 0.4) is 0 Å². The Balaban J connectivity index is 1.89. The number of halogens is 2. The highest BCUT2D eigenvalue weighted by atomic mass is 35.5. The molecule has 1 aliphatic rings. The van der Waals surface area contributed by atoms with Gasteiger partial charge in [-0.25, -0.2) is 0 Å². The van der Waals surface area contributed by atoms with Gasteiger partial charge in [0, 0.05) is 16.3 Å². The largest absolute Gasteiger partial charge is 0.505 e. The zero-order valence-corrected chi connectivity index (χ0v) is 12.9. The van der Waals surface area contributed by atoms with Gasteiger partial charge in [0.1, 0.15) is 0 Å². The van der Waals surface area contributed by atoms with Crippen LogP contribution < -0.4 is 5.32 Å². The number of thioether (sulfide) groups is 1. The Morgan fingerprint density at radius 3 is 2.60 bits per heavy atom. The summed E-state index contributed by atoms with van der Waals surface area (Å²) in [6.07, 6.45) is 1.04. The van der Waals surface area contributed by atoms with E-state index in [1.165, 1.54) is 10.5 Å². The molecule has 0 saturated heterocycles. The lowest BCUT2D eigenvalue weighted by molar-refractivity contribution is 0.476. The standard InChI is InChI=1S/C15H13Cl2NOS/c16-11-7-9(8-12(17)15(11)19)18-13-5-6-20-14-4-2-1-3-10(13)14/h1-4,7-8,13,18-19H,5-6H2. The topological polar surface area (TPSA) is 32.3 Å². The van der Waals surface area contributed by atoms with Crippen LogP contribution in [0.15, 0.2) is 41.3 Å². The molecule has 1 unspecified atom stereocenters. The predicted octanol–water partition coefficient (Wildman–Crippen LogP) is 5.35. The number of hydrogen-bond donors (Lipinski definition) is 2. The van der Waals surface area contributed by atoms with Crippen molar-refractivity contribution in [2.75, 3.05) is 11.1 Å². The SMILES string of the molecule is Oc1c(Cl)cc(NC2CCSc3ccccc32)cc1Cl. The number of anilines is 1. The van der Waals surface area contributed by atoms with E-state index < -0.39 is 0 Å². The van der Waals surface area contributed by atoms with Crippen LogP contribution in [-0.4, -0.2) is 10.9 Å². The summed E-state index contributed by atoms with van der Waals surface area (Å²) in [6, 6.07) is 12.0. The lowest BCUT2D eigenvalue weighted by atomic mass is 10.0. The minimum Gasteiger partial charge on any atom is -0.505 e. The van der Waals surface area contributed by atoms with Crippen LogP contribution in [0.2, 0.25) is 10.0 Å². The molecule has 0 spiro atoms. The third kappa shape index (κ3) is 2.71. The molecule has 0 aliphatic carbocycles. The number of phenolic OH excluding ortho intramolecular Hbond substituents is 1. The molecule has 2 aromatic carbocycles. The van der Waals surface area contributed by atoms with E-state index in [0.717, 1.165) is 17.9 Å². The molecular weight excluding hydrogens is 313 g/mol. The zero-order valence-electron chi connectivity index (χ0n) is 10.6. The first-order chi connectivity index (χ1) is 9.65.